The Labute approximate surface area is 189 Å². The number of aliphatic hydroxyl groups excluding tert-OH is 1. The summed E-state index contributed by atoms with van der Waals surface area (Å²) in [5.74, 6) is -2.54. The number of nitrogens with zero attached hydrogens (tertiary/aromatic N) is 2. The molecule has 1 N–H and O–H groups in total. The number of hydrogen-bond acceptors (Lipinski definition) is 5. The Hall–Kier alpha value is -2.71. The van der Waals surface area contributed by atoms with E-state index < -0.39 is 29.3 Å². The van der Waals surface area contributed by atoms with Crippen molar-refractivity contribution in [2.75, 3.05) is 34.3 Å². The van der Waals surface area contributed by atoms with E-state index in [2.05, 4.69) is 15.9 Å². The summed E-state index contributed by atoms with van der Waals surface area (Å²) < 4.78 is 19.9. The van der Waals surface area contributed by atoms with Crippen LogP contribution in [0.3, 0.4) is 0 Å². The Kier molecular flexibility index (Phi) is 7.12. The lowest BCUT2D eigenvalue weighted by atomic mass is 9.95. The van der Waals surface area contributed by atoms with Crippen molar-refractivity contribution in [3.8, 4) is 5.75 Å². The largest absolute Gasteiger partial charge is 0.507 e. The molecule has 1 heterocycles. The molecule has 1 aliphatic rings. The minimum absolute atomic E-state index is 0.0178. The maximum Gasteiger partial charge on any atom is 0.295 e. The molecule has 1 saturated heterocycles. The molecule has 1 atom stereocenters. The molecule has 1 amide bonds. The fourth-order valence-electron chi connectivity index (χ4n) is 3.66. The number of carbonyl (C=O) groups excluding carboxylic acids is 2. The second-order valence-corrected chi connectivity index (χ2v) is 8.47. The van der Waals surface area contributed by atoms with Crippen LogP contribution < -0.4 is 4.74 Å². The van der Waals surface area contributed by atoms with Gasteiger partial charge in [0.25, 0.3) is 11.7 Å². The zero-order chi connectivity index (χ0) is 22.7. The number of likely N-dealkylation sites (tertiary alicyclic amines) is 1. The number of methoxy groups -OCH3 is 1. The SMILES string of the molecule is COc1ccc(/C(O)=C2\C(=O)C(=O)N(CCCN(C)C)C2c2cccc(Br)c2)cc1F. The topological polar surface area (TPSA) is 70.1 Å². The van der Waals surface area contributed by atoms with Crippen LogP contribution in [0, 0.1) is 5.82 Å². The Bertz CT molecular complexity index is 1040. The summed E-state index contributed by atoms with van der Waals surface area (Å²) in [4.78, 5) is 29.3. The number of rotatable bonds is 7. The lowest BCUT2D eigenvalue weighted by molar-refractivity contribution is -0.139. The summed E-state index contributed by atoms with van der Waals surface area (Å²) in [7, 11) is 5.20. The zero-order valence-electron chi connectivity index (χ0n) is 17.6. The van der Waals surface area contributed by atoms with Crippen LogP contribution in [0.1, 0.15) is 23.6 Å². The molecule has 0 bridgehead atoms. The fourth-order valence-corrected chi connectivity index (χ4v) is 4.08. The Morgan fingerprint density at radius 1 is 1.23 bits per heavy atom. The minimum atomic E-state index is -0.788. The van der Waals surface area contributed by atoms with Crippen molar-refractivity contribution in [3.05, 3.63) is 69.5 Å². The van der Waals surface area contributed by atoms with Crippen molar-refractivity contribution in [1.82, 2.24) is 9.80 Å². The predicted molar refractivity (Wildman–Crippen MR) is 119 cm³/mol. The highest BCUT2D eigenvalue weighted by atomic mass is 79.9. The van der Waals surface area contributed by atoms with E-state index in [0.29, 0.717) is 18.5 Å². The van der Waals surface area contributed by atoms with Crippen LogP contribution in [0.2, 0.25) is 0 Å². The summed E-state index contributed by atoms with van der Waals surface area (Å²) in [5.41, 5.74) is 0.719. The number of carbonyl (C=O) groups is 2. The van der Waals surface area contributed by atoms with Gasteiger partial charge in [-0.15, -0.1) is 0 Å². The average molecular weight is 491 g/mol. The van der Waals surface area contributed by atoms with Gasteiger partial charge in [0.2, 0.25) is 0 Å². The van der Waals surface area contributed by atoms with Gasteiger partial charge in [-0.1, -0.05) is 28.1 Å². The minimum Gasteiger partial charge on any atom is -0.507 e. The number of ketones is 1. The summed E-state index contributed by atoms with van der Waals surface area (Å²) in [5, 5.41) is 11.0. The molecule has 1 aliphatic heterocycles. The van der Waals surface area contributed by atoms with E-state index in [1.54, 1.807) is 18.2 Å². The lowest BCUT2D eigenvalue weighted by Crippen LogP contribution is -2.32. The van der Waals surface area contributed by atoms with Crippen LogP contribution in [0.4, 0.5) is 4.39 Å². The monoisotopic (exact) mass is 490 g/mol. The van der Waals surface area contributed by atoms with Crippen LogP contribution in [-0.2, 0) is 9.59 Å². The molecule has 6 nitrogen and oxygen atoms in total. The predicted octanol–water partition coefficient (Wildman–Crippen LogP) is 3.97. The number of hydrogen-bond donors (Lipinski definition) is 1. The van der Waals surface area contributed by atoms with Crippen molar-refractivity contribution in [3.63, 3.8) is 0 Å². The smallest absolute Gasteiger partial charge is 0.295 e. The highest BCUT2D eigenvalue weighted by Crippen LogP contribution is 2.40. The molecule has 164 valence electrons. The molecule has 8 heteroatoms. The number of benzene rings is 2. The van der Waals surface area contributed by atoms with Gasteiger partial charge in [0.05, 0.1) is 18.7 Å². The summed E-state index contributed by atoms with van der Waals surface area (Å²) in [6.07, 6.45) is 0.654. The van der Waals surface area contributed by atoms with Crippen molar-refractivity contribution >= 4 is 33.4 Å². The summed E-state index contributed by atoms with van der Waals surface area (Å²) in [6.45, 7) is 1.07. The molecule has 0 aliphatic carbocycles. The maximum absolute atomic E-state index is 14.2. The molecule has 2 aromatic carbocycles. The molecule has 31 heavy (non-hydrogen) atoms. The van der Waals surface area contributed by atoms with Gasteiger partial charge in [0.1, 0.15) is 5.76 Å². The van der Waals surface area contributed by atoms with Crippen LogP contribution in [0.15, 0.2) is 52.5 Å². The molecule has 1 unspecified atom stereocenters. The van der Waals surface area contributed by atoms with Gasteiger partial charge in [0, 0.05) is 16.6 Å². The highest BCUT2D eigenvalue weighted by molar-refractivity contribution is 9.10. The molecule has 2 aromatic rings. The van der Waals surface area contributed by atoms with Gasteiger partial charge in [-0.05, 0) is 63.0 Å². The van der Waals surface area contributed by atoms with Gasteiger partial charge in [-0.2, -0.15) is 0 Å². The number of halogens is 2. The maximum atomic E-state index is 14.2. The van der Waals surface area contributed by atoms with Crippen LogP contribution in [-0.4, -0.2) is 60.9 Å². The third kappa shape index (κ3) is 4.80. The molecule has 0 spiro atoms. The van der Waals surface area contributed by atoms with E-state index in [-0.39, 0.29) is 16.9 Å². The molecule has 0 radical (unpaired) electrons. The second-order valence-electron chi connectivity index (χ2n) is 7.55. The van der Waals surface area contributed by atoms with E-state index in [9.17, 15) is 19.1 Å². The van der Waals surface area contributed by atoms with Crippen molar-refractivity contribution < 1.29 is 23.8 Å². The van der Waals surface area contributed by atoms with Crippen molar-refractivity contribution in [1.29, 1.82) is 0 Å². The molecule has 0 aromatic heterocycles. The molecule has 0 saturated carbocycles. The Balaban J connectivity index is 2.11. The van der Waals surface area contributed by atoms with Crippen molar-refractivity contribution in [2.45, 2.75) is 12.5 Å². The van der Waals surface area contributed by atoms with E-state index >= 15 is 0 Å². The quantitative estimate of drug-likeness (QED) is 0.361. The van der Waals surface area contributed by atoms with E-state index in [1.807, 2.05) is 25.1 Å². The number of ether oxygens (including phenoxy) is 1. The van der Waals surface area contributed by atoms with Crippen molar-refractivity contribution in [2.24, 2.45) is 0 Å². The lowest BCUT2D eigenvalue weighted by Gasteiger charge is -2.26. The van der Waals surface area contributed by atoms with Crippen LogP contribution in [0.25, 0.3) is 5.76 Å². The number of Topliss-reactive ketones (excluding diaryl/α,β-unsaturated/α-hetero) is 1. The Morgan fingerprint density at radius 2 is 1.97 bits per heavy atom. The van der Waals surface area contributed by atoms with Gasteiger partial charge in [-0.25, -0.2) is 4.39 Å². The van der Waals surface area contributed by atoms with Crippen LogP contribution >= 0.6 is 15.9 Å². The van der Waals surface area contributed by atoms with Gasteiger partial charge >= 0.3 is 0 Å². The summed E-state index contributed by atoms with van der Waals surface area (Å²) in [6, 6.07) is 10.4. The van der Waals surface area contributed by atoms with Crippen LogP contribution in [0.5, 0.6) is 5.75 Å². The van der Waals surface area contributed by atoms with E-state index in [0.717, 1.165) is 17.1 Å². The molecule has 1 fully saturated rings. The number of amides is 1. The first-order valence-electron chi connectivity index (χ1n) is 9.77. The third-order valence-electron chi connectivity index (χ3n) is 5.13. The normalized spacial score (nSPS) is 18.1. The molecular formula is C23H24BrFN2O4. The highest BCUT2D eigenvalue weighted by Gasteiger charge is 2.45. The first kappa shape index (κ1) is 23.0. The standard InChI is InChI=1S/C23H24BrFN2O4/c1-26(2)10-5-11-27-20(14-6-4-7-16(24)12-14)19(22(29)23(27)30)21(28)15-8-9-18(31-3)17(25)13-15/h4,6-9,12-13,20,28H,5,10-11H2,1-3H3/b21-19+. The number of aliphatic hydroxyl groups is 1. The van der Waals surface area contributed by atoms with E-state index in [1.165, 1.54) is 24.1 Å². The fraction of sp³-hybridized carbons (Fsp3) is 0.304. The zero-order valence-corrected chi connectivity index (χ0v) is 19.1. The Morgan fingerprint density at radius 3 is 2.58 bits per heavy atom. The second kappa shape index (κ2) is 9.62. The van der Waals surface area contributed by atoms with E-state index in [4.69, 9.17) is 4.74 Å². The molecular weight excluding hydrogens is 467 g/mol. The molecule has 3 rings (SSSR count). The third-order valence-corrected chi connectivity index (χ3v) is 5.63. The summed E-state index contributed by atoms with van der Waals surface area (Å²) >= 11 is 3.42. The van der Waals surface area contributed by atoms with Gasteiger partial charge in [0.15, 0.2) is 11.6 Å². The average Bonchev–Trinajstić information content (AvgIpc) is 2.98. The van der Waals surface area contributed by atoms with Gasteiger partial charge in [-0.3, -0.25) is 9.59 Å². The first-order chi connectivity index (χ1) is 14.7. The van der Waals surface area contributed by atoms with Gasteiger partial charge < -0.3 is 19.6 Å². The first-order valence-corrected chi connectivity index (χ1v) is 10.6.